The van der Waals surface area contributed by atoms with Crippen LogP contribution < -0.4 is 0 Å². The van der Waals surface area contributed by atoms with Gasteiger partial charge >= 0.3 is 6.09 Å². The van der Waals surface area contributed by atoms with Crippen LogP contribution in [0.3, 0.4) is 0 Å². The Bertz CT molecular complexity index is 950. The maximum Gasteiger partial charge on any atom is 0.410 e. The summed E-state index contributed by atoms with van der Waals surface area (Å²) in [5, 5.41) is 0.715. The molecule has 2 atom stereocenters. The topological polar surface area (TPSA) is 42.0 Å². The molecule has 1 saturated heterocycles. The fraction of sp³-hybridized carbons (Fsp3) is 0.567. The van der Waals surface area contributed by atoms with E-state index in [1.54, 1.807) is 0 Å². The molecular formula is C30H45ClN2O3. The molecule has 2 aliphatic heterocycles. The Morgan fingerprint density at radius 2 is 2.00 bits per heavy atom. The fourth-order valence-electron chi connectivity index (χ4n) is 4.64. The average molecular weight is 517 g/mol. The molecule has 5 nitrogen and oxygen atoms in total. The smallest absolute Gasteiger partial charge is 0.410 e. The number of hydrogen-bond donors (Lipinski definition) is 0. The Hall–Kier alpha value is -2.40. The normalized spacial score (nSPS) is 22.8. The van der Waals surface area contributed by atoms with Crippen molar-refractivity contribution in [3.63, 3.8) is 0 Å². The highest BCUT2D eigenvalue weighted by atomic mass is 35.5. The SMILES string of the molecule is CC.CC/C=C(Cl)\C=C/C1=C(C)OC2=CC=CCC=C2N1C1CCN(C(=O)OC(C)(C)C)C(CC)C1. The summed E-state index contributed by atoms with van der Waals surface area (Å²) < 4.78 is 11.9. The van der Waals surface area contributed by atoms with E-state index in [9.17, 15) is 4.79 Å². The molecular weight excluding hydrogens is 472 g/mol. The lowest BCUT2D eigenvalue weighted by Gasteiger charge is -2.46. The van der Waals surface area contributed by atoms with Crippen LogP contribution in [0.25, 0.3) is 0 Å². The monoisotopic (exact) mass is 516 g/mol. The summed E-state index contributed by atoms with van der Waals surface area (Å²) in [5.74, 6) is 1.71. The lowest BCUT2D eigenvalue weighted by atomic mass is 9.92. The molecule has 0 spiro atoms. The first-order valence-corrected chi connectivity index (χ1v) is 13.8. The molecule has 0 aromatic rings. The number of ether oxygens (including phenoxy) is 2. The van der Waals surface area contributed by atoms with Crippen molar-refractivity contribution in [2.75, 3.05) is 6.54 Å². The molecule has 36 heavy (non-hydrogen) atoms. The molecule has 1 fully saturated rings. The number of allylic oxidation sites excluding steroid dienone is 9. The zero-order valence-corrected chi connectivity index (χ0v) is 24.2. The quantitative estimate of drug-likeness (QED) is 0.343. The zero-order valence-electron chi connectivity index (χ0n) is 23.4. The molecule has 6 heteroatoms. The van der Waals surface area contributed by atoms with Gasteiger partial charge in [0, 0.05) is 23.7 Å². The van der Waals surface area contributed by atoms with Crippen LogP contribution in [-0.2, 0) is 9.47 Å². The van der Waals surface area contributed by atoms with Crippen LogP contribution in [0.2, 0.25) is 0 Å². The molecule has 0 N–H and O–H groups in total. The highest BCUT2D eigenvalue weighted by Gasteiger charge is 2.39. The summed E-state index contributed by atoms with van der Waals surface area (Å²) >= 11 is 6.40. The van der Waals surface area contributed by atoms with E-state index in [0.29, 0.717) is 11.6 Å². The predicted molar refractivity (Wildman–Crippen MR) is 150 cm³/mol. The minimum atomic E-state index is -0.503. The van der Waals surface area contributed by atoms with Gasteiger partial charge in [0.2, 0.25) is 0 Å². The number of carbonyl (C=O) groups excluding carboxylic acids is 1. The van der Waals surface area contributed by atoms with Crippen LogP contribution in [0.15, 0.2) is 70.5 Å². The molecule has 2 heterocycles. The Kier molecular flexibility index (Phi) is 11.4. The Morgan fingerprint density at radius 1 is 1.28 bits per heavy atom. The van der Waals surface area contributed by atoms with Crippen molar-refractivity contribution in [1.82, 2.24) is 9.80 Å². The van der Waals surface area contributed by atoms with E-state index in [0.717, 1.165) is 55.0 Å². The van der Waals surface area contributed by atoms with Gasteiger partial charge in [-0.1, -0.05) is 63.6 Å². The first-order chi connectivity index (χ1) is 17.1. The van der Waals surface area contributed by atoms with Crippen molar-refractivity contribution in [1.29, 1.82) is 0 Å². The molecule has 0 bridgehead atoms. The fourth-order valence-corrected chi connectivity index (χ4v) is 4.86. The van der Waals surface area contributed by atoms with E-state index >= 15 is 0 Å². The van der Waals surface area contributed by atoms with Gasteiger partial charge in [-0.05, 0) is 78.0 Å². The second-order valence-corrected chi connectivity index (χ2v) is 10.4. The van der Waals surface area contributed by atoms with Gasteiger partial charge in [0.15, 0.2) is 0 Å². The van der Waals surface area contributed by atoms with Crippen LogP contribution in [0.5, 0.6) is 0 Å². The van der Waals surface area contributed by atoms with Crippen molar-refractivity contribution in [2.24, 2.45) is 0 Å². The third-order valence-electron chi connectivity index (χ3n) is 6.18. The number of fused-ring (bicyclic) bond motifs is 1. The van der Waals surface area contributed by atoms with Crippen LogP contribution in [-0.4, -0.2) is 40.1 Å². The van der Waals surface area contributed by atoms with E-state index in [-0.39, 0.29) is 18.2 Å². The first-order valence-electron chi connectivity index (χ1n) is 13.4. The van der Waals surface area contributed by atoms with Gasteiger partial charge in [0.05, 0.1) is 11.4 Å². The largest absolute Gasteiger partial charge is 0.458 e. The molecule has 1 aliphatic carbocycles. The van der Waals surface area contributed by atoms with Crippen LogP contribution in [0.4, 0.5) is 4.79 Å². The van der Waals surface area contributed by atoms with Crippen LogP contribution >= 0.6 is 11.6 Å². The number of nitrogens with zero attached hydrogens (tertiary/aromatic N) is 2. The van der Waals surface area contributed by atoms with Crippen LogP contribution in [0.1, 0.15) is 87.5 Å². The molecule has 0 aromatic heterocycles. The highest BCUT2D eigenvalue weighted by Crippen LogP contribution is 2.39. The summed E-state index contributed by atoms with van der Waals surface area (Å²) in [5.41, 5.74) is 1.59. The van der Waals surface area contributed by atoms with Crippen molar-refractivity contribution in [3.05, 3.63) is 70.5 Å². The Labute approximate surface area is 223 Å². The van der Waals surface area contributed by atoms with Gasteiger partial charge in [-0.2, -0.15) is 0 Å². The molecule has 0 radical (unpaired) electrons. The summed E-state index contributed by atoms with van der Waals surface area (Å²) in [6.45, 7) is 16.6. The number of amides is 1. The van der Waals surface area contributed by atoms with E-state index in [2.05, 4.69) is 37.0 Å². The summed E-state index contributed by atoms with van der Waals surface area (Å²) in [7, 11) is 0. The minimum absolute atomic E-state index is 0.113. The highest BCUT2D eigenvalue weighted by molar-refractivity contribution is 6.31. The van der Waals surface area contributed by atoms with Crippen molar-refractivity contribution in [2.45, 2.75) is 105 Å². The average Bonchev–Trinajstić information content (AvgIpc) is 3.07. The first kappa shape index (κ1) is 29.8. The van der Waals surface area contributed by atoms with Gasteiger partial charge in [-0.3, -0.25) is 0 Å². The number of halogens is 1. The Morgan fingerprint density at radius 3 is 2.64 bits per heavy atom. The van der Waals surface area contributed by atoms with E-state index in [1.165, 1.54) is 0 Å². The van der Waals surface area contributed by atoms with E-state index in [4.69, 9.17) is 21.1 Å². The molecule has 200 valence electrons. The number of likely N-dealkylation sites (tertiary alicyclic amines) is 1. The molecule has 1 amide bonds. The maximum atomic E-state index is 12.9. The maximum absolute atomic E-state index is 12.9. The predicted octanol–water partition coefficient (Wildman–Crippen LogP) is 8.57. The zero-order chi connectivity index (χ0) is 26.9. The summed E-state index contributed by atoms with van der Waals surface area (Å²) in [6, 6.07) is 0.339. The van der Waals surface area contributed by atoms with Gasteiger partial charge < -0.3 is 19.3 Å². The number of hydrogen-bond acceptors (Lipinski definition) is 4. The van der Waals surface area contributed by atoms with Crippen LogP contribution in [0, 0.1) is 0 Å². The third-order valence-corrected chi connectivity index (χ3v) is 6.46. The van der Waals surface area contributed by atoms with Gasteiger partial charge in [0.1, 0.15) is 17.1 Å². The van der Waals surface area contributed by atoms with E-state index in [1.807, 2.05) is 70.7 Å². The lowest BCUT2D eigenvalue weighted by Crippen LogP contribution is -2.53. The molecule has 0 aromatic carbocycles. The third kappa shape index (κ3) is 7.80. The van der Waals surface area contributed by atoms with Crippen molar-refractivity contribution < 1.29 is 14.3 Å². The van der Waals surface area contributed by atoms with Gasteiger partial charge in [-0.25, -0.2) is 4.79 Å². The summed E-state index contributed by atoms with van der Waals surface area (Å²) in [4.78, 5) is 17.2. The van der Waals surface area contributed by atoms with Gasteiger partial charge in [0.25, 0.3) is 0 Å². The number of carbonyl (C=O) groups is 1. The standard InChI is InChI=1S/C28H39ClN2O3.C2H6/c1-7-12-21(29)15-16-24-20(3)33-26-14-11-9-10-13-25(26)31(24)23-17-18-30(22(8-2)19-23)27(32)34-28(4,5)6;1-2/h9,11-16,22-23H,7-8,10,17-19H2,1-6H3;1-2H3/b16-15-,21-12+;. The summed E-state index contributed by atoms with van der Waals surface area (Å²) in [6.07, 6.45) is 18.5. The molecule has 0 saturated carbocycles. The Balaban J connectivity index is 0.00000222. The number of piperidine rings is 1. The molecule has 3 rings (SSSR count). The second-order valence-electron chi connectivity index (χ2n) is 9.94. The van der Waals surface area contributed by atoms with Gasteiger partial charge in [-0.15, -0.1) is 0 Å². The second kappa shape index (κ2) is 13.8. The van der Waals surface area contributed by atoms with Crippen molar-refractivity contribution >= 4 is 17.7 Å². The molecule has 2 unspecified atom stereocenters. The van der Waals surface area contributed by atoms with E-state index < -0.39 is 5.60 Å². The van der Waals surface area contributed by atoms with Crippen molar-refractivity contribution in [3.8, 4) is 0 Å². The number of rotatable bonds is 5. The lowest BCUT2D eigenvalue weighted by molar-refractivity contribution is 0.00154. The molecule has 3 aliphatic rings. The minimum Gasteiger partial charge on any atom is -0.458 e.